The molecule has 0 aliphatic heterocycles. The zero-order chi connectivity index (χ0) is 10.1. The van der Waals surface area contributed by atoms with E-state index in [1.165, 1.54) is 12.2 Å². The molecule has 0 saturated heterocycles. The van der Waals surface area contributed by atoms with Crippen molar-refractivity contribution in [1.82, 2.24) is 0 Å². The van der Waals surface area contributed by atoms with Gasteiger partial charge in [0.05, 0.1) is 21.5 Å². The molecule has 5 heteroatoms. The maximum Gasteiger partial charge on any atom is 0.206 e. The predicted octanol–water partition coefficient (Wildman–Crippen LogP) is 1.77. The van der Waals surface area contributed by atoms with Gasteiger partial charge in [0.15, 0.2) is 0 Å². The average Bonchev–Trinajstić information content (AvgIpc) is 2.00. The minimum absolute atomic E-state index is 0.0789. The number of carbonyl (C=O) groups excluding carboxylic acids is 1. The van der Waals surface area contributed by atoms with Crippen molar-refractivity contribution in [3.63, 3.8) is 0 Å². The van der Waals surface area contributed by atoms with Crippen LogP contribution in [0.5, 0.6) is 0 Å². The summed E-state index contributed by atoms with van der Waals surface area (Å²) in [4.78, 5) is 11.2. The number of halogens is 2. The maximum atomic E-state index is 11.2. The van der Waals surface area contributed by atoms with Crippen LogP contribution in [0.1, 0.15) is 6.42 Å². The van der Waals surface area contributed by atoms with Gasteiger partial charge in [-0.3, -0.25) is 4.79 Å². The van der Waals surface area contributed by atoms with Crippen molar-refractivity contribution >= 4 is 37.6 Å². The highest BCUT2D eigenvalue weighted by Gasteiger charge is 2.29. The van der Waals surface area contributed by atoms with E-state index < -0.39 is 5.60 Å². The highest BCUT2D eigenvalue weighted by Crippen LogP contribution is 2.30. The molecule has 0 amide bonds. The van der Waals surface area contributed by atoms with Gasteiger partial charge in [-0.2, -0.15) is 5.26 Å². The molecule has 0 aromatic heterocycles. The molecule has 0 saturated carbocycles. The van der Waals surface area contributed by atoms with Crippen LogP contribution in [0.4, 0.5) is 0 Å². The van der Waals surface area contributed by atoms with Crippen LogP contribution in [0.25, 0.3) is 0 Å². The van der Waals surface area contributed by atoms with E-state index in [1.807, 2.05) is 6.07 Å². The average molecular weight is 307 g/mol. The Morgan fingerprint density at radius 3 is 2.31 bits per heavy atom. The summed E-state index contributed by atoms with van der Waals surface area (Å²) in [5, 5.41) is 18.2. The first kappa shape index (κ1) is 10.6. The molecule has 3 nitrogen and oxygen atoms in total. The van der Waals surface area contributed by atoms with Crippen molar-refractivity contribution in [3.05, 3.63) is 21.1 Å². The van der Waals surface area contributed by atoms with Gasteiger partial charge in [-0.05, 0) is 44.0 Å². The molecule has 1 N–H and O–H groups in total. The standard InChI is InChI=1S/C8H5Br2NO2/c9-5-3-8(13,1-2-11)4-6(10)7(5)12/h3-4,13H,1H2. The highest BCUT2D eigenvalue weighted by atomic mass is 79.9. The van der Waals surface area contributed by atoms with Crippen molar-refractivity contribution in [2.24, 2.45) is 0 Å². The highest BCUT2D eigenvalue weighted by molar-refractivity contribution is 9.13. The molecule has 1 rings (SSSR count). The van der Waals surface area contributed by atoms with Crippen molar-refractivity contribution < 1.29 is 9.90 Å². The van der Waals surface area contributed by atoms with Crippen LogP contribution >= 0.6 is 31.9 Å². The molecule has 13 heavy (non-hydrogen) atoms. The fourth-order valence-corrected chi connectivity index (χ4v) is 2.44. The van der Waals surface area contributed by atoms with Crippen molar-refractivity contribution in [2.45, 2.75) is 12.0 Å². The lowest BCUT2D eigenvalue weighted by Gasteiger charge is -2.21. The summed E-state index contributed by atoms with van der Waals surface area (Å²) >= 11 is 6.02. The van der Waals surface area contributed by atoms with Crippen LogP contribution in [0.3, 0.4) is 0 Å². The Kier molecular flexibility index (Phi) is 3.06. The number of hydrogen-bond acceptors (Lipinski definition) is 3. The van der Waals surface area contributed by atoms with E-state index in [4.69, 9.17) is 5.26 Å². The van der Waals surface area contributed by atoms with Crippen LogP contribution in [0.15, 0.2) is 21.1 Å². The van der Waals surface area contributed by atoms with E-state index in [1.54, 1.807) is 0 Å². The zero-order valence-electron chi connectivity index (χ0n) is 6.42. The van der Waals surface area contributed by atoms with Crippen LogP contribution < -0.4 is 0 Å². The molecular formula is C8H5Br2NO2. The van der Waals surface area contributed by atoms with Gasteiger partial charge < -0.3 is 5.11 Å². The zero-order valence-corrected chi connectivity index (χ0v) is 9.59. The van der Waals surface area contributed by atoms with Crippen molar-refractivity contribution in [3.8, 4) is 6.07 Å². The first-order valence-electron chi connectivity index (χ1n) is 3.39. The van der Waals surface area contributed by atoms with E-state index in [0.717, 1.165) is 0 Å². The van der Waals surface area contributed by atoms with Crippen molar-refractivity contribution in [2.75, 3.05) is 0 Å². The van der Waals surface area contributed by atoms with E-state index in [-0.39, 0.29) is 21.2 Å². The van der Waals surface area contributed by atoms with Gasteiger partial charge in [-0.25, -0.2) is 0 Å². The number of allylic oxidation sites excluding steroid dienone is 2. The number of aliphatic hydroxyl groups is 1. The summed E-state index contributed by atoms with van der Waals surface area (Å²) in [6, 6.07) is 1.84. The molecule has 0 spiro atoms. The quantitative estimate of drug-likeness (QED) is 0.803. The van der Waals surface area contributed by atoms with Crippen LogP contribution in [-0.2, 0) is 4.79 Å². The van der Waals surface area contributed by atoms with Crippen LogP contribution in [0.2, 0.25) is 0 Å². The molecular weight excluding hydrogens is 302 g/mol. The van der Waals surface area contributed by atoms with E-state index >= 15 is 0 Å². The number of carbonyl (C=O) groups is 1. The van der Waals surface area contributed by atoms with Gasteiger partial charge in [0.2, 0.25) is 5.78 Å². The molecule has 0 heterocycles. The summed E-state index contributed by atoms with van der Waals surface area (Å²) in [7, 11) is 0. The molecule has 0 radical (unpaired) electrons. The Labute approximate surface area is 92.0 Å². The molecule has 0 fully saturated rings. The summed E-state index contributed by atoms with van der Waals surface area (Å²) in [5.74, 6) is -0.234. The summed E-state index contributed by atoms with van der Waals surface area (Å²) in [6.45, 7) is 0. The number of nitrogens with zero attached hydrogens (tertiary/aromatic N) is 1. The Bertz CT molecular complexity index is 330. The lowest BCUT2D eigenvalue weighted by molar-refractivity contribution is -0.111. The summed E-state index contributed by atoms with van der Waals surface area (Å²) in [5.41, 5.74) is -1.35. The second-order valence-corrected chi connectivity index (χ2v) is 4.35. The van der Waals surface area contributed by atoms with Crippen LogP contribution in [0, 0.1) is 11.3 Å². The maximum absolute atomic E-state index is 11.2. The lowest BCUT2D eigenvalue weighted by Crippen LogP contribution is -2.27. The van der Waals surface area contributed by atoms with Gasteiger partial charge in [0.25, 0.3) is 0 Å². The van der Waals surface area contributed by atoms with Gasteiger partial charge in [0.1, 0.15) is 5.60 Å². The Morgan fingerprint density at radius 2 is 1.92 bits per heavy atom. The first-order valence-corrected chi connectivity index (χ1v) is 4.98. The topological polar surface area (TPSA) is 61.1 Å². The number of rotatable bonds is 1. The Balaban J connectivity index is 3.06. The molecule has 1 aliphatic rings. The molecule has 0 atom stereocenters. The summed E-state index contributed by atoms with van der Waals surface area (Å²) in [6.07, 6.45) is 2.57. The largest absolute Gasteiger partial charge is 0.380 e. The Hall–Kier alpha value is -0.440. The van der Waals surface area contributed by atoms with Crippen molar-refractivity contribution in [1.29, 1.82) is 5.26 Å². The number of ketones is 1. The molecule has 0 bridgehead atoms. The number of nitriles is 1. The SMILES string of the molecule is N#CCC1(O)C=C(Br)C(=O)C(Br)=C1. The molecule has 1 aliphatic carbocycles. The van der Waals surface area contributed by atoms with Gasteiger partial charge in [-0.1, -0.05) is 0 Å². The molecule has 0 aromatic rings. The fourth-order valence-electron chi connectivity index (χ4n) is 0.954. The third kappa shape index (κ3) is 2.27. The predicted molar refractivity (Wildman–Crippen MR) is 54.2 cm³/mol. The second-order valence-electron chi connectivity index (χ2n) is 2.64. The number of Topliss-reactive ketones (excluding diaryl/α,β-unsaturated/α-hetero) is 1. The Morgan fingerprint density at radius 1 is 1.46 bits per heavy atom. The van der Waals surface area contributed by atoms with E-state index in [2.05, 4.69) is 31.9 Å². The van der Waals surface area contributed by atoms with Gasteiger partial charge in [-0.15, -0.1) is 0 Å². The van der Waals surface area contributed by atoms with Gasteiger partial charge in [0, 0.05) is 0 Å². The fraction of sp³-hybridized carbons (Fsp3) is 0.250. The monoisotopic (exact) mass is 305 g/mol. The lowest BCUT2D eigenvalue weighted by atomic mass is 9.95. The summed E-state index contributed by atoms with van der Waals surface area (Å²) < 4.78 is 0.527. The number of hydrogen-bond donors (Lipinski definition) is 1. The third-order valence-corrected chi connectivity index (χ3v) is 2.73. The second kappa shape index (κ2) is 3.74. The normalized spacial score (nSPS) is 20.3. The van der Waals surface area contributed by atoms with Crippen LogP contribution in [-0.4, -0.2) is 16.5 Å². The molecule has 68 valence electrons. The minimum Gasteiger partial charge on any atom is -0.380 e. The van der Waals surface area contributed by atoms with E-state index in [9.17, 15) is 9.90 Å². The van der Waals surface area contributed by atoms with Gasteiger partial charge >= 0.3 is 0 Å². The third-order valence-electron chi connectivity index (χ3n) is 1.55. The minimum atomic E-state index is -1.35. The molecule has 0 aromatic carbocycles. The van der Waals surface area contributed by atoms with E-state index in [0.29, 0.717) is 0 Å². The molecule has 0 unspecified atom stereocenters. The first-order chi connectivity index (χ1) is 5.98. The smallest absolute Gasteiger partial charge is 0.206 e.